The molecule has 0 aromatic carbocycles. The molecule has 1 aliphatic rings. The van der Waals surface area contributed by atoms with E-state index in [1.165, 1.54) is 0 Å². The Morgan fingerprint density at radius 2 is 1.93 bits per heavy atom. The standard InChI is InChI=1S/C19H24F3N3O4S/c1-4-24-15(27)13-11(3)14(16(28)23-7-5-12(26)10(2)9-23)30-17(13)25(18(24)29)8-6-19(20,21)22/h10,12,26H,4-9H2,1-3H3. The molecular formula is C19H24F3N3O4S. The van der Waals surface area contributed by atoms with E-state index in [1.807, 2.05) is 6.92 Å². The first kappa shape index (κ1) is 22.5. The van der Waals surface area contributed by atoms with Crippen molar-refractivity contribution < 1.29 is 23.1 Å². The fraction of sp³-hybridized carbons (Fsp3) is 0.632. The molecule has 2 aromatic heterocycles. The van der Waals surface area contributed by atoms with E-state index in [0.717, 1.165) is 20.5 Å². The van der Waals surface area contributed by atoms with Crippen molar-refractivity contribution in [3.8, 4) is 0 Å². The van der Waals surface area contributed by atoms with E-state index in [1.54, 1.807) is 18.7 Å². The Balaban J connectivity index is 2.13. The van der Waals surface area contributed by atoms with E-state index < -0.39 is 36.5 Å². The molecule has 0 bridgehead atoms. The maximum atomic E-state index is 13.1. The fourth-order valence-corrected chi connectivity index (χ4v) is 5.06. The Morgan fingerprint density at radius 1 is 1.27 bits per heavy atom. The largest absolute Gasteiger partial charge is 0.393 e. The highest BCUT2D eigenvalue weighted by atomic mass is 32.1. The van der Waals surface area contributed by atoms with Crippen LogP contribution >= 0.6 is 11.3 Å². The summed E-state index contributed by atoms with van der Waals surface area (Å²) >= 11 is 0.881. The van der Waals surface area contributed by atoms with Gasteiger partial charge >= 0.3 is 11.9 Å². The summed E-state index contributed by atoms with van der Waals surface area (Å²) in [5, 5.41) is 10.0. The van der Waals surface area contributed by atoms with Crippen molar-refractivity contribution in [1.82, 2.24) is 14.0 Å². The van der Waals surface area contributed by atoms with Crippen LogP contribution in [0.3, 0.4) is 0 Å². The number of fused-ring (bicyclic) bond motifs is 1. The third-order valence-electron chi connectivity index (χ3n) is 5.57. The number of aliphatic hydroxyl groups is 1. The Labute approximate surface area is 174 Å². The number of halogens is 3. The Morgan fingerprint density at radius 3 is 2.50 bits per heavy atom. The lowest BCUT2D eigenvalue weighted by Crippen LogP contribution is -2.44. The number of aryl methyl sites for hydroxylation is 2. The van der Waals surface area contributed by atoms with E-state index >= 15 is 0 Å². The number of aromatic nitrogens is 2. The monoisotopic (exact) mass is 447 g/mol. The van der Waals surface area contributed by atoms with Gasteiger partial charge in [0.25, 0.3) is 11.5 Å². The van der Waals surface area contributed by atoms with Crippen LogP contribution in [-0.4, -0.2) is 50.4 Å². The average molecular weight is 447 g/mol. The number of thiophene rings is 1. The summed E-state index contributed by atoms with van der Waals surface area (Å²) < 4.78 is 40.2. The van der Waals surface area contributed by atoms with Crippen molar-refractivity contribution in [1.29, 1.82) is 0 Å². The molecule has 30 heavy (non-hydrogen) atoms. The number of amides is 1. The average Bonchev–Trinajstić information content (AvgIpc) is 3.00. The van der Waals surface area contributed by atoms with Gasteiger partial charge in [0.05, 0.1) is 22.8 Å². The van der Waals surface area contributed by atoms with E-state index in [-0.39, 0.29) is 33.5 Å². The second-order valence-corrected chi connectivity index (χ2v) is 8.67. The van der Waals surface area contributed by atoms with Crippen molar-refractivity contribution in [2.75, 3.05) is 13.1 Å². The minimum atomic E-state index is -4.46. The Hall–Kier alpha value is -2.14. The quantitative estimate of drug-likeness (QED) is 0.780. The second kappa shape index (κ2) is 8.18. The number of alkyl halides is 3. The molecule has 7 nitrogen and oxygen atoms in total. The van der Waals surface area contributed by atoms with E-state index in [2.05, 4.69) is 0 Å². The summed E-state index contributed by atoms with van der Waals surface area (Å²) in [4.78, 5) is 40.5. The van der Waals surface area contributed by atoms with Gasteiger partial charge in [0.15, 0.2) is 0 Å². The van der Waals surface area contributed by atoms with Crippen LogP contribution in [0.25, 0.3) is 10.2 Å². The zero-order valence-corrected chi connectivity index (χ0v) is 17.8. The van der Waals surface area contributed by atoms with Crippen molar-refractivity contribution in [2.24, 2.45) is 5.92 Å². The number of aliphatic hydroxyl groups excluding tert-OH is 1. The number of carbonyl (C=O) groups is 1. The summed E-state index contributed by atoms with van der Waals surface area (Å²) in [5.74, 6) is -0.454. The number of nitrogens with zero attached hydrogens (tertiary/aromatic N) is 3. The zero-order valence-electron chi connectivity index (χ0n) is 17.0. The first-order valence-electron chi connectivity index (χ1n) is 9.77. The summed E-state index contributed by atoms with van der Waals surface area (Å²) in [6, 6.07) is 0. The van der Waals surface area contributed by atoms with Crippen molar-refractivity contribution in [3.63, 3.8) is 0 Å². The number of carbonyl (C=O) groups excluding carboxylic acids is 1. The lowest BCUT2D eigenvalue weighted by Gasteiger charge is -2.34. The summed E-state index contributed by atoms with van der Waals surface area (Å²) in [6.45, 7) is 5.05. The number of likely N-dealkylation sites (tertiary alicyclic amines) is 1. The number of hydrogen-bond acceptors (Lipinski definition) is 5. The molecule has 1 fully saturated rings. The van der Waals surface area contributed by atoms with E-state index in [4.69, 9.17) is 0 Å². The highest BCUT2D eigenvalue weighted by Crippen LogP contribution is 2.31. The van der Waals surface area contributed by atoms with Crippen LogP contribution in [0.5, 0.6) is 0 Å². The van der Waals surface area contributed by atoms with Crippen LogP contribution in [0.15, 0.2) is 9.59 Å². The van der Waals surface area contributed by atoms with Gasteiger partial charge in [-0.25, -0.2) is 4.79 Å². The number of hydrogen-bond donors (Lipinski definition) is 1. The van der Waals surface area contributed by atoms with Gasteiger partial charge < -0.3 is 10.0 Å². The lowest BCUT2D eigenvalue weighted by molar-refractivity contribution is -0.136. The fourth-order valence-electron chi connectivity index (χ4n) is 3.77. The molecule has 1 N–H and O–H groups in total. The Kier molecular flexibility index (Phi) is 6.15. The van der Waals surface area contributed by atoms with Crippen LogP contribution in [-0.2, 0) is 13.1 Å². The molecule has 0 aliphatic carbocycles. The van der Waals surface area contributed by atoms with Gasteiger partial charge in [-0.3, -0.25) is 18.7 Å². The molecule has 0 radical (unpaired) electrons. The molecule has 1 amide bonds. The third kappa shape index (κ3) is 4.04. The zero-order chi connectivity index (χ0) is 22.4. The predicted molar refractivity (Wildman–Crippen MR) is 107 cm³/mol. The second-order valence-electron chi connectivity index (χ2n) is 7.67. The molecule has 1 saturated heterocycles. The first-order valence-corrected chi connectivity index (χ1v) is 10.6. The molecule has 2 aromatic rings. The van der Waals surface area contributed by atoms with Gasteiger partial charge in [-0.2, -0.15) is 13.2 Å². The first-order chi connectivity index (χ1) is 14.0. The van der Waals surface area contributed by atoms with Crippen LogP contribution in [0.4, 0.5) is 13.2 Å². The molecule has 0 spiro atoms. The summed E-state index contributed by atoms with van der Waals surface area (Å²) in [7, 11) is 0. The molecule has 2 unspecified atom stereocenters. The maximum Gasteiger partial charge on any atom is 0.390 e. The lowest BCUT2D eigenvalue weighted by atomic mass is 9.96. The van der Waals surface area contributed by atoms with E-state index in [0.29, 0.717) is 25.1 Å². The minimum absolute atomic E-state index is 0.0136. The van der Waals surface area contributed by atoms with Crippen LogP contribution < -0.4 is 11.2 Å². The molecule has 3 rings (SSSR count). The van der Waals surface area contributed by atoms with Crippen LogP contribution in [0.1, 0.15) is 41.9 Å². The van der Waals surface area contributed by atoms with Gasteiger partial charge in [-0.15, -0.1) is 11.3 Å². The molecular weight excluding hydrogens is 423 g/mol. The topological polar surface area (TPSA) is 84.5 Å². The predicted octanol–water partition coefficient (Wildman–Crippen LogP) is 2.35. The Bertz CT molecular complexity index is 1090. The summed E-state index contributed by atoms with van der Waals surface area (Å²) in [6.07, 6.45) is -5.75. The number of piperidine rings is 1. The molecule has 1 aliphatic heterocycles. The molecule has 2 atom stereocenters. The van der Waals surface area contributed by atoms with Gasteiger partial charge in [0.2, 0.25) is 0 Å². The van der Waals surface area contributed by atoms with Crippen LogP contribution in [0.2, 0.25) is 0 Å². The highest BCUT2D eigenvalue weighted by molar-refractivity contribution is 7.20. The molecule has 166 valence electrons. The van der Waals surface area contributed by atoms with Gasteiger partial charge in [-0.1, -0.05) is 6.92 Å². The van der Waals surface area contributed by atoms with Crippen molar-refractivity contribution in [2.45, 2.75) is 59.0 Å². The normalized spacial score (nSPS) is 20.2. The smallest absolute Gasteiger partial charge is 0.390 e. The third-order valence-corrected chi connectivity index (χ3v) is 6.87. The van der Waals surface area contributed by atoms with Crippen molar-refractivity contribution >= 4 is 27.5 Å². The summed E-state index contributed by atoms with van der Waals surface area (Å²) in [5.41, 5.74) is -1.04. The van der Waals surface area contributed by atoms with Gasteiger partial charge in [0, 0.05) is 26.2 Å². The van der Waals surface area contributed by atoms with Gasteiger partial charge in [0.1, 0.15) is 4.83 Å². The minimum Gasteiger partial charge on any atom is -0.393 e. The SMILES string of the molecule is CCn1c(=O)c2c(C)c(C(=O)N3CCC(O)C(C)C3)sc2n(CCC(F)(F)F)c1=O. The van der Waals surface area contributed by atoms with Gasteiger partial charge in [-0.05, 0) is 31.7 Å². The molecule has 0 saturated carbocycles. The number of rotatable bonds is 4. The van der Waals surface area contributed by atoms with Crippen molar-refractivity contribution in [3.05, 3.63) is 31.3 Å². The highest BCUT2D eigenvalue weighted by Gasteiger charge is 2.32. The molecule has 3 heterocycles. The van der Waals surface area contributed by atoms with E-state index in [9.17, 15) is 32.7 Å². The van der Waals surface area contributed by atoms with Crippen LogP contribution in [0, 0.1) is 12.8 Å². The maximum absolute atomic E-state index is 13.1. The molecule has 11 heteroatoms.